The van der Waals surface area contributed by atoms with Crippen LogP contribution in [-0.4, -0.2) is 19.1 Å². The van der Waals surface area contributed by atoms with E-state index in [1.807, 2.05) is 6.92 Å². The van der Waals surface area contributed by atoms with Crippen molar-refractivity contribution in [2.45, 2.75) is 31.4 Å². The second-order valence-electron chi connectivity index (χ2n) is 4.25. The average Bonchev–Trinajstić information content (AvgIpc) is 2.08. The Kier molecular flexibility index (Phi) is 5.69. The first kappa shape index (κ1) is 14.3. The zero-order valence-electron chi connectivity index (χ0n) is 9.63. The van der Waals surface area contributed by atoms with Crippen molar-refractivity contribution in [1.82, 2.24) is 0 Å². The Labute approximate surface area is 101 Å². The van der Waals surface area contributed by atoms with Gasteiger partial charge in [0.25, 0.3) is 0 Å². The van der Waals surface area contributed by atoms with Gasteiger partial charge in [-0.05, 0) is 6.92 Å². The highest BCUT2D eigenvalue weighted by molar-refractivity contribution is 9.09. The lowest BCUT2D eigenvalue weighted by molar-refractivity contribution is 1.17. The molecule has 4 N–H and O–H groups in total. The topological polar surface area (TPSA) is 64.4 Å². The Morgan fingerprint density at radius 2 is 1.93 bits per heavy atom. The molecule has 0 spiro atoms. The minimum atomic E-state index is -1.40. The van der Waals surface area contributed by atoms with Crippen LogP contribution in [0.3, 0.4) is 0 Å². The van der Waals surface area contributed by atoms with Crippen LogP contribution in [0.4, 0.5) is 0 Å². The standard InChI is InChI=1S/C10H18BrN3Si/c1-8(11)7-14-10(13)9(12)5-6-15(2,3)4/h7-8H,12-13H2,1-4H3/b10-9-,14-7?. The number of nitrogens with two attached hydrogens (primary N) is 2. The fourth-order valence-corrected chi connectivity index (χ4v) is 1.20. The molecule has 15 heavy (non-hydrogen) atoms. The molecular formula is C10H18BrN3Si. The lowest BCUT2D eigenvalue weighted by Gasteiger charge is -2.03. The van der Waals surface area contributed by atoms with Gasteiger partial charge >= 0.3 is 0 Å². The molecule has 0 heterocycles. The molecular weight excluding hydrogens is 270 g/mol. The molecule has 0 aliphatic heterocycles. The van der Waals surface area contributed by atoms with E-state index < -0.39 is 8.07 Å². The maximum absolute atomic E-state index is 5.68. The van der Waals surface area contributed by atoms with Crippen LogP contribution in [0.5, 0.6) is 0 Å². The number of hydrogen-bond donors (Lipinski definition) is 2. The van der Waals surface area contributed by atoms with Gasteiger partial charge in [0.2, 0.25) is 0 Å². The van der Waals surface area contributed by atoms with E-state index in [1.54, 1.807) is 6.21 Å². The number of aliphatic imine (C=N–C) groups is 1. The number of alkyl halides is 1. The van der Waals surface area contributed by atoms with E-state index >= 15 is 0 Å². The van der Waals surface area contributed by atoms with Crippen LogP contribution in [0.15, 0.2) is 16.5 Å². The SMILES string of the molecule is CC(Br)C=N/C(N)=C(\N)C#C[Si](C)(C)C. The van der Waals surface area contributed by atoms with E-state index in [0.717, 1.165) is 0 Å². The van der Waals surface area contributed by atoms with Gasteiger partial charge in [-0.25, -0.2) is 4.99 Å². The largest absolute Gasteiger partial charge is 0.389 e. The van der Waals surface area contributed by atoms with Crippen LogP contribution in [0, 0.1) is 11.5 Å². The van der Waals surface area contributed by atoms with Gasteiger partial charge in [-0.3, -0.25) is 0 Å². The predicted octanol–water partition coefficient (Wildman–Crippen LogP) is 1.81. The van der Waals surface area contributed by atoms with E-state index in [1.165, 1.54) is 0 Å². The summed E-state index contributed by atoms with van der Waals surface area (Å²) in [6.45, 7) is 8.38. The molecule has 0 amide bonds. The van der Waals surface area contributed by atoms with Gasteiger partial charge in [-0.15, -0.1) is 5.54 Å². The summed E-state index contributed by atoms with van der Waals surface area (Å²) in [4.78, 5) is 4.17. The molecule has 0 fully saturated rings. The van der Waals surface area contributed by atoms with E-state index in [-0.39, 0.29) is 10.6 Å². The summed E-state index contributed by atoms with van der Waals surface area (Å²) in [6.07, 6.45) is 1.68. The van der Waals surface area contributed by atoms with E-state index in [4.69, 9.17) is 11.5 Å². The summed E-state index contributed by atoms with van der Waals surface area (Å²) in [5.41, 5.74) is 14.8. The zero-order chi connectivity index (χ0) is 12.1. The Balaban J connectivity index is 4.72. The third-order valence-electron chi connectivity index (χ3n) is 1.27. The molecule has 0 radical (unpaired) electrons. The third kappa shape index (κ3) is 8.27. The number of rotatable bonds is 2. The van der Waals surface area contributed by atoms with Crippen molar-refractivity contribution >= 4 is 30.2 Å². The molecule has 0 aromatic rings. The van der Waals surface area contributed by atoms with Crippen molar-refractivity contribution in [3.63, 3.8) is 0 Å². The third-order valence-corrected chi connectivity index (χ3v) is 2.38. The molecule has 0 bridgehead atoms. The van der Waals surface area contributed by atoms with Crippen molar-refractivity contribution in [2.24, 2.45) is 16.5 Å². The summed E-state index contributed by atoms with van der Waals surface area (Å²) in [6, 6.07) is 0. The van der Waals surface area contributed by atoms with E-state index in [0.29, 0.717) is 5.70 Å². The van der Waals surface area contributed by atoms with Gasteiger partial charge in [0.15, 0.2) is 5.82 Å². The highest BCUT2D eigenvalue weighted by Crippen LogP contribution is 1.99. The van der Waals surface area contributed by atoms with Crippen LogP contribution in [0.1, 0.15) is 6.92 Å². The van der Waals surface area contributed by atoms with Crippen LogP contribution < -0.4 is 11.5 Å². The fraction of sp³-hybridized carbons (Fsp3) is 0.500. The highest BCUT2D eigenvalue weighted by atomic mass is 79.9. The van der Waals surface area contributed by atoms with Crippen molar-refractivity contribution in [2.75, 3.05) is 0 Å². The van der Waals surface area contributed by atoms with Crippen molar-refractivity contribution in [1.29, 1.82) is 0 Å². The van der Waals surface area contributed by atoms with Crippen LogP contribution >= 0.6 is 15.9 Å². The molecule has 84 valence electrons. The summed E-state index contributed by atoms with van der Waals surface area (Å²) in [5, 5.41) is 0. The van der Waals surface area contributed by atoms with Crippen LogP contribution in [-0.2, 0) is 0 Å². The first-order valence-electron chi connectivity index (χ1n) is 4.69. The van der Waals surface area contributed by atoms with E-state index in [2.05, 4.69) is 52.0 Å². The highest BCUT2D eigenvalue weighted by Gasteiger charge is 2.07. The molecule has 0 aromatic heterocycles. The molecule has 0 aliphatic carbocycles. The maximum Gasteiger partial charge on any atom is 0.155 e. The molecule has 0 aromatic carbocycles. The molecule has 3 nitrogen and oxygen atoms in total. The van der Waals surface area contributed by atoms with Crippen molar-refractivity contribution in [3.05, 3.63) is 11.5 Å². The number of halogens is 1. The summed E-state index contributed by atoms with van der Waals surface area (Å²) in [7, 11) is -1.40. The Hall–Kier alpha value is -0.733. The molecule has 0 aliphatic rings. The summed E-state index contributed by atoms with van der Waals surface area (Å²) in [5.74, 6) is 3.15. The number of hydrogen-bond acceptors (Lipinski definition) is 3. The molecule has 0 saturated heterocycles. The molecule has 0 saturated carbocycles. The average molecular weight is 288 g/mol. The van der Waals surface area contributed by atoms with Gasteiger partial charge in [0.05, 0.1) is 0 Å². The van der Waals surface area contributed by atoms with Crippen LogP contribution in [0.2, 0.25) is 19.6 Å². The first-order chi connectivity index (χ1) is 6.72. The lowest BCUT2D eigenvalue weighted by atomic mass is 10.4. The molecule has 5 heteroatoms. The Morgan fingerprint density at radius 1 is 1.40 bits per heavy atom. The predicted molar refractivity (Wildman–Crippen MR) is 73.4 cm³/mol. The second kappa shape index (κ2) is 5.98. The van der Waals surface area contributed by atoms with Gasteiger partial charge in [-0.1, -0.05) is 41.5 Å². The molecule has 1 atom stereocenters. The lowest BCUT2D eigenvalue weighted by Crippen LogP contribution is -2.17. The summed E-state index contributed by atoms with van der Waals surface area (Å²) < 4.78 is 0. The smallest absolute Gasteiger partial charge is 0.155 e. The minimum absolute atomic E-state index is 0.175. The van der Waals surface area contributed by atoms with Crippen molar-refractivity contribution in [3.8, 4) is 11.5 Å². The number of nitrogens with zero attached hydrogens (tertiary/aromatic N) is 1. The maximum atomic E-state index is 5.68. The Bertz CT molecular complexity index is 329. The second-order valence-corrected chi connectivity index (χ2v) is 10.4. The van der Waals surface area contributed by atoms with Crippen molar-refractivity contribution < 1.29 is 0 Å². The van der Waals surface area contributed by atoms with Gasteiger partial charge < -0.3 is 11.5 Å². The monoisotopic (exact) mass is 287 g/mol. The first-order valence-corrected chi connectivity index (χ1v) is 9.10. The van der Waals surface area contributed by atoms with Crippen LogP contribution in [0.25, 0.3) is 0 Å². The molecule has 1 unspecified atom stereocenters. The quantitative estimate of drug-likeness (QED) is 0.352. The molecule has 0 rings (SSSR count). The van der Waals surface area contributed by atoms with Gasteiger partial charge in [-0.2, -0.15) is 0 Å². The normalized spacial score (nSPS) is 15.5. The number of allylic oxidation sites excluding steroid dienone is 1. The Morgan fingerprint density at radius 3 is 2.33 bits per heavy atom. The summed E-state index contributed by atoms with van der Waals surface area (Å²) >= 11 is 3.33. The van der Waals surface area contributed by atoms with Gasteiger partial charge in [0.1, 0.15) is 13.8 Å². The van der Waals surface area contributed by atoms with E-state index in [9.17, 15) is 0 Å². The van der Waals surface area contributed by atoms with Gasteiger partial charge in [0, 0.05) is 11.0 Å². The fourth-order valence-electron chi connectivity index (χ4n) is 0.571. The minimum Gasteiger partial charge on any atom is -0.389 e. The zero-order valence-corrected chi connectivity index (χ0v) is 12.2.